The Morgan fingerprint density at radius 1 is 1.05 bits per heavy atom. The van der Waals surface area contributed by atoms with Gasteiger partial charge in [-0.1, -0.05) is 31.2 Å². The average Bonchev–Trinajstić information content (AvgIpc) is 3.51. The van der Waals surface area contributed by atoms with E-state index < -0.39 is 18.3 Å². The summed E-state index contributed by atoms with van der Waals surface area (Å²) in [5.41, 5.74) is 4.44. The van der Waals surface area contributed by atoms with Crippen molar-refractivity contribution in [2.75, 3.05) is 19.4 Å². The molecule has 0 spiro atoms. The monoisotopic (exact) mass is 501 g/mol. The average molecular weight is 501 g/mol. The van der Waals surface area contributed by atoms with Gasteiger partial charge in [-0.2, -0.15) is 0 Å². The quantitative estimate of drug-likeness (QED) is 0.438. The van der Waals surface area contributed by atoms with E-state index >= 15 is 0 Å². The largest absolute Gasteiger partial charge is 0.490 e. The molecule has 2 fully saturated rings. The van der Waals surface area contributed by atoms with Crippen LogP contribution in [0.2, 0.25) is 0 Å². The molecule has 2 saturated heterocycles. The van der Waals surface area contributed by atoms with Gasteiger partial charge in [-0.3, -0.25) is 4.79 Å². The molecule has 1 aromatic heterocycles. The Morgan fingerprint density at radius 2 is 1.73 bits per heavy atom. The number of nitrogens with one attached hydrogen (secondary N) is 2. The van der Waals surface area contributed by atoms with E-state index in [9.17, 15) is 4.79 Å². The van der Waals surface area contributed by atoms with Crippen molar-refractivity contribution in [1.82, 2.24) is 10.2 Å². The van der Waals surface area contributed by atoms with Crippen molar-refractivity contribution in [2.45, 2.75) is 58.4 Å². The van der Waals surface area contributed by atoms with E-state index in [1.54, 1.807) is 6.26 Å². The number of benzene rings is 1. The maximum absolute atomic E-state index is 13.4. The molecule has 8 heteroatoms. The van der Waals surface area contributed by atoms with Crippen LogP contribution in [0.4, 0.5) is 5.69 Å². The lowest BCUT2D eigenvalue weighted by Crippen LogP contribution is -2.41. The fraction of sp³-hybridized carbons (Fsp3) is 0.414. The molecule has 2 atom stereocenters. The number of furan rings is 1. The number of anilines is 1. The fourth-order valence-electron chi connectivity index (χ4n) is 5.09. The van der Waals surface area contributed by atoms with Crippen molar-refractivity contribution < 1.29 is 18.5 Å². The molecule has 1 aliphatic carbocycles. The number of carbonyl (C=O) groups is 1. The smallest absolute Gasteiger partial charge is 0.463 e. The molecule has 3 heterocycles. The van der Waals surface area contributed by atoms with Crippen LogP contribution in [0.25, 0.3) is 5.70 Å². The van der Waals surface area contributed by atoms with Crippen LogP contribution in [0.15, 0.2) is 75.8 Å². The van der Waals surface area contributed by atoms with Crippen LogP contribution in [0, 0.1) is 5.92 Å². The Bertz CT molecular complexity index is 1260. The Balaban J connectivity index is 1.51. The summed E-state index contributed by atoms with van der Waals surface area (Å²) in [5.74, 6) is 0.478. The van der Waals surface area contributed by atoms with Crippen molar-refractivity contribution in [1.29, 1.82) is 0 Å². The molecule has 0 radical (unpaired) electrons. The molecule has 1 aromatic carbocycles. The van der Waals surface area contributed by atoms with Gasteiger partial charge in [0.2, 0.25) is 0 Å². The second kappa shape index (κ2) is 9.35. The molecule has 5 rings (SSSR count). The molecular formula is C29H36BN3O4. The van der Waals surface area contributed by atoms with E-state index in [-0.39, 0.29) is 17.9 Å². The summed E-state index contributed by atoms with van der Waals surface area (Å²) in [5, 5.41) is 6.68. The molecule has 37 heavy (non-hydrogen) atoms. The van der Waals surface area contributed by atoms with E-state index in [0.717, 1.165) is 23.3 Å². The van der Waals surface area contributed by atoms with Crippen LogP contribution < -0.4 is 10.6 Å². The number of allylic oxidation sites excluding steroid dienone is 2. The minimum absolute atomic E-state index is 0.000631. The highest BCUT2D eigenvalue weighted by atomic mass is 16.7. The fourth-order valence-corrected chi connectivity index (χ4v) is 5.09. The van der Waals surface area contributed by atoms with Gasteiger partial charge in [-0.05, 0) is 88.6 Å². The van der Waals surface area contributed by atoms with Gasteiger partial charge >= 0.3 is 7.12 Å². The molecule has 3 aliphatic rings. The first-order valence-electron chi connectivity index (χ1n) is 12.8. The molecule has 2 unspecified atom stereocenters. The maximum atomic E-state index is 13.4. The van der Waals surface area contributed by atoms with Crippen LogP contribution in [0.3, 0.4) is 0 Å². The van der Waals surface area contributed by atoms with E-state index in [4.69, 9.17) is 13.7 Å². The van der Waals surface area contributed by atoms with Crippen molar-refractivity contribution >= 4 is 24.4 Å². The number of amides is 1. The van der Waals surface area contributed by atoms with Gasteiger partial charge in [-0.15, -0.1) is 0 Å². The van der Waals surface area contributed by atoms with Crippen LogP contribution in [-0.2, 0) is 20.6 Å². The molecule has 2 aliphatic heterocycles. The molecule has 2 N–H and O–H groups in total. The zero-order valence-electron chi connectivity index (χ0n) is 22.7. The van der Waals surface area contributed by atoms with Crippen molar-refractivity contribution in [3.05, 3.63) is 82.8 Å². The van der Waals surface area contributed by atoms with Crippen LogP contribution in [0.1, 0.15) is 45.9 Å². The molecule has 2 aromatic rings. The summed E-state index contributed by atoms with van der Waals surface area (Å²) in [6.07, 6.45) is 5.69. The van der Waals surface area contributed by atoms with E-state index in [0.29, 0.717) is 17.0 Å². The summed E-state index contributed by atoms with van der Waals surface area (Å²) < 4.78 is 18.4. The van der Waals surface area contributed by atoms with E-state index in [1.807, 2.05) is 44.4 Å². The van der Waals surface area contributed by atoms with Crippen LogP contribution in [-0.4, -0.2) is 49.3 Å². The van der Waals surface area contributed by atoms with E-state index in [2.05, 4.69) is 68.4 Å². The molecule has 1 amide bonds. The SMILES string of the molecule is CC1C(B2OC(C)(C)C(C)(C)O2)=CC=C2/C(=C(/Nc3ccc(CN(C)C)cc3)c3ccco3)C(=O)NC21. The van der Waals surface area contributed by atoms with Gasteiger partial charge < -0.3 is 29.3 Å². The zero-order valence-corrected chi connectivity index (χ0v) is 22.7. The number of carbonyl (C=O) groups excluding carboxylic acids is 1. The number of rotatable bonds is 6. The van der Waals surface area contributed by atoms with Gasteiger partial charge in [0, 0.05) is 12.2 Å². The molecule has 7 nitrogen and oxygen atoms in total. The third kappa shape index (κ3) is 4.69. The highest BCUT2D eigenvalue weighted by Crippen LogP contribution is 2.44. The summed E-state index contributed by atoms with van der Waals surface area (Å²) in [7, 11) is 3.64. The van der Waals surface area contributed by atoms with Gasteiger partial charge in [0.25, 0.3) is 5.91 Å². The summed E-state index contributed by atoms with van der Waals surface area (Å²) in [6, 6.07) is 11.8. The lowest BCUT2D eigenvalue weighted by atomic mass is 9.66. The predicted molar refractivity (Wildman–Crippen MR) is 146 cm³/mol. The number of hydrogen-bond acceptors (Lipinski definition) is 6. The maximum Gasteiger partial charge on any atom is 0.490 e. The zero-order chi connectivity index (χ0) is 26.5. The Kier molecular flexibility index (Phi) is 6.46. The minimum atomic E-state index is -0.453. The number of hydrogen-bond donors (Lipinski definition) is 2. The second-order valence-electron chi connectivity index (χ2n) is 11.4. The first-order chi connectivity index (χ1) is 17.5. The first kappa shape index (κ1) is 25.6. The lowest BCUT2D eigenvalue weighted by molar-refractivity contribution is -0.116. The number of fused-ring (bicyclic) bond motifs is 1. The van der Waals surface area contributed by atoms with Crippen molar-refractivity contribution in [3.8, 4) is 0 Å². The summed E-state index contributed by atoms with van der Waals surface area (Å²) in [4.78, 5) is 15.6. The normalized spacial score (nSPS) is 25.5. The Labute approximate surface area is 219 Å². The first-order valence-corrected chi connectivity index (χ1v) is 12.8. The van der Waals surface area contributed by atoms with Crippen LogP contribution in [0.5, 0.6) is 0 Å². The standard InChI is InChI=1S/C29H36BN3O4/c1-18-22(30-36-28(2,3)29(4,5)37-30)15-14-21-24(27(34)32-25(18)21)26(23-9-8-16-35-23)31-20-12-10-19(11-13-20)17-33(6)7/h8-16,18,25,31H,17H2,1-7H3,(H,32,34)/b26-24-. The van der Waals surface area contributed by atoms with E-state index in [1.165, 1.54) is 5.56 Å². The van der Waals surface area contributed by atoms with Crippen molar-refractivity contribution in [3.63, 3.8) is 0 Å². The topological polar surface area (TPSA) is 76.0 Å². The van der Waals surface area contributed by atoms with Gasteiger partial charge in [0.1, 0.15) is 0 Å². The summed E-state index contributed by atoms with van der Waals surface area (Å²) in [6.45, 7) is 11.2. The Hall–Kier alpha value is -3.07. The minimum Gasteiger partial charge on any atom is -0.463 e. The van der Waals surface area contributed by atoms with Crippen LogP contribution >= 0.6 is 0 Å². The predicted octanol–water partition coefficient (Wildman–Crippen LogP) is 4.80. The third-order valence-electron chi connectivity index (χ3n) is 7.88. The number of nitrogens with zero attached hydrogens (tertiary/aromatic N) is 1. The molecule has 0 bridgehead atoms. The van der Waals surface area contributed by atoms with Gasteiger partial charge in [0.05, 0.1) is 34.8 Å². The van der Waals surface area contributed by atoms with Crippen molar-refractivity contribution in [2.24, 2.45) is 5.92 Å². The molecular weight excluding hydrogens is 465 g/mol. The van der Waals surface area contributed by atoms with Gasteiger partial charge in [0.15, 0.2) is 5.76 Å². The summed E-state index contributed by atoms with van der Waals surface area (Å²) >= 11 is 0. The Morgan fingerprint density at radius 3 is 2.32 bits per heavy atom. The highest BCUT2D eigenvalue weighted by molar-refractivity contribution is 6.55. The molecule has 0 saturated carbocycles. The lowest BCUT2D eigenvalue weighted by Gasteiger charge is -2.32. The molecule has 194 valence electrons. The highest BCUT2D eigenvalue weighted by Gasteiger charge is 2.54. The van der Waals surface area contributed by atoms with Gasteiger partial charge in [-0.25, -0.2) is 0 Å². The second-order valence-corrected chi connectivity index (χ2v) is 11.4. The third-order valence-corrected chi connectivity index (χ3v) is 7.88.